The largest absolute Gasteiger partial charge is 0.495 e. The van der Waals surface area contributed by atoms with E-state index in [1.165, 1.54) is 0 Å². The maximum atomic E-state index is 12.9. The smallest absolute Gasteiger partial charge is 0.243 e. The van der Waals surface area contributed by atoms with Crippen LogP contribution in [0, 0.1) is 0 Å². The number of benzene rings is 2. The average Bonchev–Trinajstić information content (AvgIpc) is 2.72. The fraction of sp³-hybridized carbons (Fsp3) is 0.400. The predicted octanol–water partition coefficient (Wildman–Crippen LogP) is 2.32. The number of hydrogen-bond acceptors (Lipinski definition) is 5. The molecular weight excluding hydrogens is 362 g/mol. The van der Waals surface area contributed by atoms with Gasteiger partial charge in [-0.25, -0.2) is 8.42 Å². The molecule has 0 amide bonds. The first-order chi connectivity index (χ1) is 13.1. The van der Waals surface area contributed by atoms with Crippen LogP contribution in [-0.2, 0) is 16.6 Å². The van der Waals surface area contributed by atoms with E-state index in [1.807, 2.05) is 43.3 Å². The Morgan fingerprint density at radius 1 is 1.00 bits per heavy atom. The Morgan fingerprint density at radius 2 is 1.67 bits per heavy atom. The van der Waals surface area contributed by atoms with Crippen LogP contribution in [0.1, 0.15) is 12.5 Å². The number of anilines is 1. The second-order valence-electron chi connectivity index (χ2n) is 6.49. The standard InChI is InChI=1S/C20H27N3O3S/c1-3-21-16-17-8-10-18(11-9-17)27(24,25)23-14-12-22(13-15-23)19-6-4-5-7-20(19)26-2/h4-11,21H,3,12-16H2,1-2H3. The maximum absolute atomic E-state index is 12.9. The van der Waals surface area contributed by atoms with Crippen molar-refractivity contribution in [2.45, 2.75) is 18.4 Å². The van der Waals surface area contributed by atoms with Gasteiger partial charge in [0.25, 0.3) is 0 Å². The molecule has 1 N–H and O–H groups in total. The molecule has 0 radical (unpaired) electrons. The molecule has 0 spiro atoms. The van der Waals surface area contributed by atoms with Gasteiger partial charge in [-0.1, -0.05) is 31.2 Å². The molecule has 0 unspecified atom stereocenters. The Bertz CT molecular complexity index is 845. The zero-order valence-electron chi connectivity index (χ0n) is 15.9. The van der Waals surface area contributed by atoms with Gasteiger partial charge in [0, 0.05) is 32.7 Å². The number of ether oxygens (including phenoxy) is 1. The van der Waals surface area contributed by atoms with Gasteiger partial charge in [0.2, 0.25) is 10.0 Å². The Labute approximate surface area is 161 Å². The van der Waals surface area contributed by atoms with E-state index in [-0.39, 0.29) is 0 Å². The van der Waals surface area contributed by atoms with Gasteiger partial charge in [0.15, 0.2) is 0 Å². The molecular formula is C20H27N3O3S. The molecule has 0 aromatic heterocycles. The fourth-order valence-corrected chi connectivity index (χ4v) is 4.68. The lowest BCUT2D eigenvalue weighted by Crippen LogP contribution is -2.48. The van der Waals surface area contributed by atoms with Gasteiger partial charge in [-0.3, -0.25) is 0 Å². The van der Waals surface area contributed by atoms with Gasteiger partial charge in [0.05, 0.1) is 17.7 Å². The van der Waals surface area contributed by atoms with Crippen LogP contribution in [0.3, 0.4) is 0 Å². The summed E-state index contributed by atoms with van der Waals surface area (Å²) >= 11 is 0. The molecule has 0 aliphatic carbocycles. The summed E-state index contributed by atoms with van der Waals surface area (Å²) in [4.78, 5) is 2.53. The molecule has 146 valence electrons. The van der Waals surface area contributed by atoms with Crippen LogP contribution in [0.15, 0.2) is 53.4 Å². The molecule has 7 heteroatoms. The second-order valence-corrected chi connectivity index (χ2v) is 8.43. The summed E-state index contributed by atoms with van der Waals surface area (Å²) in [5.74, 6) is 0.810. The summed E-state index contributed by atoms with van der Waals surface area (Å²) in [7, 11) is -1.81. The highest BCUT2D eigenvalue weighted by atomic mass is 32.2. The van der Waals surface area contributed by atoms with E-state index in [1.54, 1.807) is 23.5 Å². The molecule has 2 aromatic rings. The summed E-state index contributed by atoms with van der Waals surface area (Å²) in [5, 5.41) is 3.24. The number of piperazine rings is 1. The highest BCUT2D eigenvalue weighted by Crippen LogP contribution is 2.29. The van der Waals surface area contributed by atoms with Crippen LogP contribution < -0.4 is 15.0 Å². The Morgan fingerprint density at radius 3 is 2.30 bits per heavy atom. The number of methoxy groups -OCH3 is 1. The molecule has 1 saturated heterocycles. The Kier molecular flexibility index (Phi) is 6.36. The predicted molar refractivity (Wildman–Crippen MR) is 108 cm³/mol. The number of hydrogen-bond donors (Lipinski definition) is 1. The number of rotatable bonds is 7. The zero-order chi connectivity index (χ0) is 19.3. The van der Waals surface area contributed by atoms with Gasteiger partial charge >= 0.3 is 0 Å². The van der Waals surface area contributed by atoms with Gasteiger partial charge in [0.1, 0.15) is 5.75 Å². The molecule has 1 fully saturated rings. The van der Waals surface area contributed by atoms with Gasteiger partial charge < -0.3 is 15.0 Å². The van der Waals surface area contributed by atoms with Gasteiger partial charge in [-0.2, -0.15) is 4.31 Å². The average molecular weight is 390 g/mol. The van der Waals surface area contributed by atoms with Crippen molar-refractivity contribution in [3.8, 4) is 5.75 Å². The lowest BCUT2D eigenvalue weighted by molar-refractivity contribution is 0.378. The molecule has 1 heterocycles. The number of nitrogens with one attached hydrogen (secondary N) is 1. The van der Waals surface area contributed by atoms with Crippen LogP contribution in [0.5, 0.6) is 5.75 Å². The van der Waals surface area contributed by atoms with Crippen molar-refractivity contribution >= 4 is 15.7 Å². The van der Waals surface area contributed by atoms with E-state index in [0.29, 0.717) is 31.1 Å². The van der Waals surface area contributed by atoms with E-state index in [2.05, 4.69) is 10.2 Å². The molecule has 2 aromatic carbocycles. The first-order valence-corrected chi connectivity index (χ1v) is 10.7. The maximum Gasteiger partial charge on any atom is 0.243 e. The lowest BCUT2D eigenvalue weighted by atomic mass is 10.2. The van der Waals surface area contributed by atoms with Crippen molar-refractivity contribution < 1.29 is 13.2 Å². The molecule has 0 saturated carbocycles. The van der Waals surface area contributed by atoms with Gasteiger partial charge in [-0.05, 0) is 36.4 Å². The third-order valence-electron chi connectivity index (χ3n) is 4.80. The first-order valence-electron chi connectivity index (χ1n) is 9.24. The van der Waals surface area contributed by atoms with E-state index in [9.17, 15) is 8.42 Å². The molecule has 27 heavy (non-hydrogen) atoms. The summed E-state index contributed by atoms with van der Waals surface area (Å²) in [6.45, 7) is 5.86. The number of nitrogens with zero attached hydrogens (tertiary/aromatic N) is 2. The SMILES string of the molecule is CCNCc1ccc(S(=O)(=O)N2CCN(c3ccccc3OC)CC2)cc1. The third-order valence-corrected chi connectivity index (χ3v) is 6.72. The molecule has 1 aliphatic rings. The highest BCUT2D eigenvalue weighted by molar-refractivity contribution is 7.89. The minimum Gasteiger partial charge on any atom is -0.495 e. The normalized spacial score (nSPS) is 15.7. The van der Waals surface area contributed by atoms with E-state index >= 15 is 0 Å². The summed E-state index contributed by atoms with van der Waals surface area (Å²) in [5.41, 5.74) is 2.08. The monoisotopic (exact) mass is 389 g/mol. The van der Waals surface area contributed by atoms with E-state index < -0.39 is 10.0 Å². The molecule has 6 nitrogen and oxygen atoms in total. The summed E-state index contributed by atoms with van der Waals surface area (Å²) in [6.07, 6.45) is 0. The molecule has 1 aliphatic heterocycles. The van der Waals surface area contributed by atoms with Crippen LogP contribution in [0.4, 0.5) is 5.69 Å². The number of para-hydroxylation sites is 2. The summed E-state index contributed by atoms with van der Waals surface area (Å²) in [6, 6.07) is 15.0. The highest BCUT2D eigenvalue weighted by Gasteiger charge is 2.29. The third kappa shape index (κ3) is 4.43. The molecule has 0 atom stereocenters. The molecule has 0 bridgehead atoms. The zero-order valence-corrected chi connectivity index (χ0v) is 16.7. The van der Waals surface area contributed by atoms with Crippen molar-refractivity contribution in [2.75, 3.05) is 44.7 Å². The van der Waals surface area contributed by atoms with Crippen molar-refractivity contribution in [1.82, 2.24) is 9.62 Å². The van der Waals surface area contributed by atoms with Crippen LogP contribution >= 0.6 is 0 Å². The van der Waals surface area contributed by atoms with Crippen molar-refractivity contribution in [1.29, 1.82) is 0 Å². The quantitative estimate of drug-likeness (QED) is 0.787. The minimum absolute atomic E-state index is 0.355. The van der Waals surface area contributed by atoms with Crippen LogP contribution in [0.2, 0.25) is 0 Å². The van der Waals surface area contributed by atoms with E-state index in [0.717, 1.165) is 30.1 Å². The van der Waals surface area contributed by atoms with Crippen molar-refractivity contribution in [2.24, 2.45) is 0 Å². The lowest BCUT2D eigenvalue weighted by Gasteiger charge is -2.35. The van der Waals surface area contributed by atoms with Crippen LogP contribution in [0.25, 0.3) is 0 Å². The summed E-state index contributed by atoms with van der Waals surface area (Å²) < 4.78 is 32.9. The second kappa shape index (κ2) is 8.73. The van der Waals surface area contributed by atoms with Crippen molar-refractivity contribution in [3.05, 3.63) is 54.1 Å². The molecule has 3 rings (SSSR count). The number of sulfonamides is 1. The fourth-order valence-electron chi connectivity index (χ4n) is 3.26. The Hall–Kier alpha value is -2.09. The topological polar surface area (TPSA) is 61.9 Å². The van der Waals surface area contributed by atoms with Gasteiger partial charge in [-0.15, -0.1) is 0 Å². The van der Waals surface area contributed by atoms with Crippen LogP contribution in [-0.4, -0.2) is 52.6 Å². The minimum atomic E-state index is -3.47. The Balaban J connectivity index is 1.67. The van der Waals surface area contributed by atoms with E-state index in [4.69, 9.17) is 4.74 Å². The van der Waals surface area contributed by atoms with Crippen molar-refractivity contribution in [3.63, 3.8) is 0 Å². The first kappa shape index (κ1) is 19.7.